The van der Waals surface area contributed by atoms with Gasteiger partial charge < -0.3 is 19.6 Å². The molecule has 2 heterocycles. The second-order valence-corrected chi connectivity index (χ2v) is 9.44. The normalized spacial score (nSPS) is 19.0. The number of carbonyl (C=O) groups excluding carboxylic acids is 2. The first-order chi connectivity index (χ1) is 17.4. The number of aliphatic hydroxyl groups is 1. The van der Waals surface area contributed by atoms with Crippen LogP contribution in [0.4, 0.5) is 0 Å². The summed E-state index contributed by atoms with van der Waals surface area (Å²) in [5, 5.41) is 9.97. The quantitative estimate of drug-likeness (QED) is 0.591. The molecule has 0 radical (unpaired) electrons. The Hall–Kier alpha value is -3.55. The predicted octanol–water partition coefficient (Wildman–Crippen LogP) is 3.88. The molecule has 1 N–H and O–H groups in total. The van der Waals surface area contributed by atoms with Gasteiger partial charge >= 0.3 is 0 Å². The Bertz CT molecular complexity index is 1200. The van der Waals surface area contributed by atoms with Gasteiger partial charge in [-0.3, -0.25) is 14.6 Å². The molecule has 36 heavy (non-hydrogen) atoms. The van der Waals surface area contributed by atoms with E-state index in [4.69, 9.17) is 4.74 Å². The molecule has 0 bridgehead atoms. The molecule has 0 saturated heterocycles. The number of likely N-dealkylation sites (N-methyl/N-ethyl adjacent to an activating group) is 1. The van der Waals surface area contributed by atoms with Gasteiger partial charge in [0.1, 0.15) is 0 Å². The second-order valence-electron chi connectivity index (χ2n) is 9.44. The lowest BCUT2D eigenvalue weighted by Crippen LogP contribution is -2.47. The highest BCUT2D eigenvalue weighted by Gasteiger charge is 2.31. The van der Waals surface area contributed by atoms with E-state index in [0.717, 1.165) is 16.7 Å². The number of ether oxygens (including phenoxy) is 1. The second kappa shape index (κ2) is 11.5. The average Bonchev–Trinajstić information content (AvgIpc) is 2.94. The number of fused-ring (bicyclic) bond motifs is 3. The van der Waals surface area contributed by atoms with Crippen LogP contribution in [0.2, 0.25) is 0 Å². The van der Waals surface area contributed by atoms with Crippen molar-refractivity contribution >= 4 is 11.8 Å². The largest absolute Gasteiger partial charge is 0.394 e. The molecule has 1 aliphatic rings. The molecule has 7 nitrogen and oxygen atoms in total. The first kappa shape index (κ1) is 25.5. The zero-order valence-electron chi connectivity index (χ0n) is 21.0. The van der Waals surface area contributed by atoms with Gasteiger partial charge in [0.25, 0.3) is 11.8 Å². The van der Waals surface area contributed by atoms with Crippen molar-refractivity contribution in [2.75, 3.05) is 26.7 Å². The highest BCUT2D eigenvalue weighted by Crippen LogP contribution is 2.31. The van der Waals surface area contributed by atoms with Gasteiger partial charge in [-0.25, -0.2) is 0 Å². The van der Waals surface area contributed by atoms with E-state index in [1.807, 2.05) is 62.4 Å². The maximum atomic E-state index is 13.8. The highest BCUT2D eigenvalue weighted by molar-refractivity contribution is 6.01. The first-order valence-electron chi connectivity index (χ1n) is 12.3. The van der Waals surface area contributed by atoms with Crippen molar-refractivity contribution in [1.29, 1.82) is 0 Å². The lowest BCUT2D eigenvalue weighted by Gasteiger charge is -2.35. The topological polar surface area (TPSA) is 83.0 Å². The van der Waals surface area contributed by atoms with Crippen LogP contribution >= 0.6 is 0 Å². The molecule has 1 aliphatic heterocycles. The van der Waals surface area contributed by atoms with Crippen LogP contribution in [-0.4, -0.2) is 70.6 Å². The van der Waals surface area contributed by atoms with Crippen LogP contribution < -0.4 is 0 Å². The SMILES string of the molecule is C[C@H](CO)N1C[C@H](C)[C@H](CN(C)C(=O)c2ccncc2)OCc2ccccc2-c2ccccc2C1=O. The van der Waals surface area contributed by atoms with Crippen LogP contribution in [0.15, 0.2) is 73.1 Å². The minimum atomic E-state index is -0.374. The summed E-state index contributed by atoms with van der Waals surface area (Å²) in [5.41, 5.74) is 3.91. The van der Waals surface area contributed by atoms with E-state index in [0.29, 0.717) is 30.8 Å². The summed E-state index contributed by atoms with van der Waals surface area (Å²) >= 11 is 0. The zero-order chi connectivity index (χ0) is 25.7. The van der Waals surface area contributed by atoms with Crippen molar-refractivity contribution in [3.63, 3.8) is 0 Å². The Balaban J connectivity index is 1.71. The number of benzene rings is 2. The van der Waals surface area contributed by atoms with Gasteiger partial charge in [-0.15, -0.1) is 0 Å². The molecule has 0 fully saturated rings. The molecule has 1 aromatic heterocycles. The third-order valence-electron chi connectivity index (χ3n) is 6.82. The van der Waals surface area contributed by atoms with E-state index in [-0.39, 0.29) is 36.5 Å². The van der Waals surface area contributed by atoms with Crippen LogP contribution in [0.25, 0.3) is 11.1 Å². The number of hydrogen-bond donors (Lipinski definition) is 1. The number of aliphatic hydroxyl groups excluding tert-OH is 1. The highest BCUT2D eigenvalue weighted by atomic mass is 16.5. The third kappa shape index (κ3) is 5.48. The Morgan fingerprint density at radius 2 is 1.72 bits per heavy atom. The number of pyridine rings is 1. The van der Waals surface area contributed by atoms with E-state index in [9.17, 15) is 14.7 Å². The van der Waals surface area contributed by atoms with E-state index in [2.05, 4.69) is 4.98 Å². The first-order valence-corrected chi connectivity index (χ1v) is 12.3. The molecule has 0 spiro atoms. The standard InChI is InChI=1S/C29H33N3O4/c1-20-16-32(21(2)18-33)29(35)26-11-7-6-10-25(26)24-9-5-4-8-23(24)19-36-27(20)17-31(3)28(34)22-12-14-30-15-13-22/h4-15,20-21,27,33H,16-19H2,1-3H3/t20-,21+,27-/m0/s1. The van der Waals surface area contributed by atoms with Crippen molar-refractivity contribution in [3.8, 4) is 11.1 Å². The molecular weight excluding hydrogens is 454 g/mol. The monoisotopic (exact) mass is 487 g/mol. The number of rotatable bonds is 5. The lowest BCUT2D eigenvalue weighted by atomic mass is 9.94. The van der Waals surface area contributed by atoms with Crippen molar-refractivity contribution in [2.24, 2.45) is 5.92 Å². The minimum Gasteiger partial charge on any atom is -0.394 e. The Kier molecular flexibility index (Phi) is 8.13. The number of aromatic nitrogens is 1. The van der Waals surface area contributed by atoms with Crippen LogP contribution in [-0.2, 0) is 11.3 Å². The minimum absolute atomic E-state index is 0.104. The summed E-state index contributed by atoms with van der Waals surface area (Å²) < 4.78 is 6.47. The van der Waals surface area contributed by atoms with Crippen LogP contribution in [0.1, 0.15) is 40.1 Å². The van der Waals surface area contributed by atoms with Gasteiger partial charge in [-0.2, -0.15) is 0 Å². The van der Waals surface area contributed by atoms with Crippen molar-refractivity contribution in [1.82, 2.24) is 14.8 Å². The Labute approximate surface area is 212 Å². The fourth-order valence-corrected chi connectivity index (χ4v) is 4.62. The van der Waals surface area contributed by atoms with Crippen molar-refractivity contribution < 1.29 is 19.4 Å². The zero-order valence-corrected chi connectivity index (χ0v) is 21.0. The van der Waals surface area contributed by atoms with E-state index < -0.39 is 0 Å². The van der Waals surface area contributed by atoms with Crippen molar-refractivity contribution in [3.05, 3.63) is 89.7 Å². The van der Waals surface area contributed by atoms with Gasteiger partial charge in [-0.05, 0) is 41.8 Å². The van der Waals surface area contributed by atoms with Gasteiger partial charge in [0, 0.05) is 49.6 Å². The number of carbonyl (C=O) groups is 2. The summed E-state index contributed by atoms with van der Waals surface area (Å²) in [5.74, 6) is -0.351. The number of nitrogens with zero attached hydrogens (tertiary/aromatic N) is 3. The Morgan fingerprint density at radius 1 is 1.08 bits per heavy atom. The number of amides is 2. The molecule has 0 aliphatic carbocycles. The maximum absolute atomic E-state index is 13.8. The molecule has 2 aromatic carbocycles. The van der Waals surface area contributed by atoms with E-state index in [1.54, 1.807) is 41.4 Å². The molecule has 3 aromatic rings. The van der Waals surface area contributed by atoms with E-state index in [1.165, 1.54) is 0 Å². The summed E-state index contributed by atoms with van der Waals surface area (Å²) in [4.78, 5) is 34.2. The van der Waals surface area contributed by atoms with Gasteiger partial charge in [-0.1, -0.05) is 49.4 Å². The summed E-state index contributed by atoms with van der Waals surface area (Å²) in [6.07, 6.45) is 2.86. The number of hydrogen-bond acceptors (Lipinski definition) is 5. The summed E-state index contributed by atoms with van der Waals surface area (Å²) in [6, 6.07) is 18.5. The van der Waals surface area contributed by atoms with Crippen LogP contribution in [0, 0.1) is 5.92 Å². The summed E-state index contributed by atoms with van der Waals surface area (Å²) in [6.45, 7) is 4.80. The van der Waals surface area contributed by atoms with Crippen LogP contribution in [0.5, 0.6) is 0 Å². The van der Waals surface area contributed by atoms with E-state index >= 15 is 0 Å². The van der Waals surface area contributed by atoms with Gasteiger partial charge in [0.2, 0.25) is 0 Å². The molecule has 4 rings (SSSR count). The molecule has 2 amide bonds. The molecular formula is C29H33N3O4. The van der Waals surface area contributed by atoms with Crippen LogP contribution in [0.3, 0.4) is 0 Å². The summed E-state index contributed by atoms with van der Waals surface area (Å²) in [7, 11) is 1.76. The fourth-order valence-electron chi connectivity index (χ4n) is 4.62. The lowest BCUT2D eigenvalue weighted by molar-refractivity contribution is -0.0209. The smallest absolute Gasteiger partial charge is 0.254 e. The average molecular weight is 488 g/mol. The maximum Gasteiger partial charge on any atom is 0.254 e. The third-order valence-corrected chi connectivity index (χ3v) is 6.82. The molecule has 0 unspecified atom stereocenters. The van der Waals surface area contributed by atoms with Crippen molar-refractivity contribution in [2.45, 2.75) is 32.6 Å². The molecule has 188 valence electrons. The molecule has 7 heteroatoms. The molecule has 0 saturated carbocycles. The Morgan fingerprint density at radius 3 is 2.42 bits per heavy atom. The molecule has 3 atom stereocenters. The van der Waals surface area contributed by atoms with Gasteiger partial charge in [0.15, 0.2) is 0 Å². The predicted molar refractivity (Wildman–Crippen MR) is 138 cm³/mol. The fraction of sp³-hybridized carbons (Fsp3) is 0.345. The van der Waals surface area contributed by atoms with Gasteiger partial charge in [0.05, 0.1) is 25.4 Å².